The van der Waals surface area contributed by atoms with E-state index in [1.807, 2.05) is 24.3 Å². The molecule has 148 valence electrons. The fourth-order valence-corrected chi connectivity index (χ4v) is 3.66. The van der Waals surface area contributed by atoms with Crippen LogP contribution in [-0.2, 0) is 16.1 Å². The highest BCUT2D eigenvalue weighted by atomic mass is 32.1. The summed E-state index contributed by atoms with van der Waals surface area (Å²) in [4.78, 5) is 27.0. The number of nitrogens with zero attached hydrogens (tertiary/aromatic N) is 3. The molecule has 0 atom stereocenters. The van der Waals surface area contributed by atoms with Crippen LogP contribution in [0.5, 0.6) is 5.75 Å². The summed E-state index contributed by atoms with van der Waals surface area (Å²) in [7, 11) is 1.55. The van der Waals surface area contributed by atoms with Gasteiger partial charge in [0.05, 0.1) is 18.9 Å². The van der Waals surface area contributed by atoms with Gasteiger partial charge >= 0.3 is 0 Å². The number of thiocarbonyl (C=S) groups is 1. The van der Waals surface area contributed by atoms with Gasteiger partial charge < -0.3 is 9.30 Å². The van der Waals surface area contributed by atoms with Crippen molar-refractivity contribution >= 4 is 51.8 Å². The molecule has 0 bridgehead atoms. The molecule has 1 saturated heterocycles. The van der Waals surface area contributed by atoms with Gasteiger partial charge in [-0.1, -0.05) is 18.2 Å². The predicted octanol–water partition coefficient (Wildman–Crippen LogP) is 3.00. The second-order valence-electron chi connectivity index (χ2n) is 6.54. The van der Waals surface area contributed by atoms with Gasteiger partial charge in [-0.3, -0.25) is 19.8 Å². The van der Waals surface area contributed by atoms with E-state index in [4.69, 9.17) is 22.2 Å². The first-order chi connectivity index (χ1) is 14.5. The van der Waals surface area contributed by atoms with E-state index < -0.39 is 11.8 Å². The minimum atomic E-state index is -0.563. The lowest BCUT2D eigenvalue weighted by atomic mass is 10.1. The zero-order valence-electron chi connectivity index (χ0n) is 16.0. The highest BCUT2D eigenvalue weighted by molar-refractivity contribution is 7.80. The fraction of sp³-hybridized carbons (Fsp3) is 0.0909. The third kappa shape index (κ3) is 3.32. The Balaban J connectivity index is 1.78. The summed E-state index contributed by atoms with van der Waals surface area (Å²) in [5.74, 6) is -0.447. The Morgan fingerprint density at radius 3 is 2.60 bits per heavy atom. The fourth-order valence-electron chi connectivity index (χ4n) is 3.38. The van der Waals surface area contributed by atoms with E-state index in [1.165, 1.54) is 11.0 Å². The number of methoxy groups -OCH3 is 1. The number of fused-ring (bicyclic) bond motifs is 1. The quantitative estimate of drug-likeness (QED) is 0.401. The minimum absolute atomic E-state index is 0.0132. The summed E-state index contributed by atoms with van der Waals surface area (Å²) in [5.41, 5.74) is 1.99. The Hall–Kier alpha value is -3.96. The van der Waals surface area contributed by atoms with Gasteiger partial charge in [0.2, 0.25) is 0 Å². The van der Waals surface area contributed by atoms with Crippen molar-refractivity contribution in [3.63, 3.8) is 0 Å². The molecule has 0 saturated carbocycles. The number of amides is 2. The highest BCUT2D eigenvalue weighted by Gasteiger charge is 2.34. The number of carbonyl (C=O) groups is 2. The molecule has 2 aromatic carbocycles. The molecule has 1 aromatic heterocycles. The van der Waals surface area contributed by atoms with Crippen molar-refractivity contribution in [2.24, 2.45) is 0 Å². The molecule has 7 nitrogen and oxygen atoms in total. The minimum Gasteiger partial charge on any atom is -0.497 e. The molecular weight excluding hydrogens is 400 g/mol. The molecule has 30 heavy (non-hydrogen) atoms. The molecule has 8 heteroatoms. The highest BCUT2D eigenvalue weighted by Crippen LogP contribution is 2.27. The van der Waals surface area contributed by atoms with Crippen molar-refractivity contribution < 1.29 is 14.3 Å². The number of anilines is 1. The van der Waals surface area contributed by atoms with Crippen molar-refractivity contribution in [1.82, 2.24) is 9.88 Å². The average molecular weight is 416 g/mol. The zero-order valence-corrected chi connectivity index (χ0v) is 16.8. The van der Waals surface area contributed by atoms with Crippen LogP contribution >= 0.6 is 12.2 Å². The summed E-state index contributed by atoms with van der Waals surface area (Å²) in [6.45, 7) is 0.159. The molecule has 1 aliphatic heterocycles. The van der Waals surface area contributed by atoms with Crippen LogP contribution in [-0.4, -0.2) is 28.6 Å². The normalized spacial score (nSPS) is 15.4. The zero-order chi connectivity index (χ0) is 21.3. The standard InChI is InChI=1S/C22H16N4O3S/c1-29-16-8-6-15(7-9-16)26-21(28)18(20(27)24-22(26)30)12-14-13-25(11-10-23)19-5-3-2-4-17(14)19/h2-9,12-13H,11H2,1H3,(H,24,27,30). The molecule has 3 aromatic rings. The largest absolute Gasteiger partial charge is 0.497 e. The first-order valence-corrected chi connectivity index (χ1v) is 9.44. The second kappa shape index (κ2) is 7.81. The molecule has 0 unspecified atom stereocenters. The van der Waals surface area contributed by atoms with Crippen LogP contribution in [0.15, 0.2) is 60.3 Å². The van der Waals surface area contributed by atoms with E-state index in [9.17, 15) is 9.59 Å². The van der Waals surface area contributed by atoms with Crippen LogP contribution in [0.4, 0.5) is 5.69 Å². The molecular formula is C22H16N4O3S. The van der Waals surface area contributed by atoms with Crippen LogP contribution in [0.1, 0.15) is 5.56 Å². The molecule has 0 aliphatic carbocycles. The van der Waals surface area contributed by atoms with E-state index >= 15 is 0 Å². The van der Waals surface area contributed by atoms with Crippen molar-refractivity contribution in [2.75, 3.05) is 12.0 Å². The Morgan fingerprint density at radius 1 is 1.17 bits per heavy atom. The number of rotatable bonds is 4. The second-order valence-corrected chi connectivity index (χ2v) is 6.93. The van der Waals surface area contributed by atoms with Crippen LogP contribution < -0.4 is 15.0 Å². The molecule has 0 spiro atoms. The Bertz CT molecular complexity index is 1250. The number of ether oxygens (including phenoxy) is 1. The van der Waals surface area contributed by atoms with Crippen molar-refractivity contribution in [1.29, 1.82) is 5.26 Å². The summed E-state index contributed by atoms with van der Waals surface area (Å²) in [6, 6.07) is 16.4. The number of aromatic nitrogens is 1. The van der Waals surface area contributed by atoms with Crippen molar-refractivity contribution in [2.45, 2.75) is 6.54 Å². The number of carbonyl (C=O) groups excluding carboxylic acids is 2. The Morgan fingerprint density at radius 2 is 1.90 bits per heavy atom. The lowest BCUT2D eigenvalue weighted by Crippen LogP contribution is -2.54. The van der Waals surface area contributed by atoms with E-state index in [1.54, 1.807) is 42.1 Å². The van der Waals surface area contributed by atoms with Crippen LogP contribution in [0.2, 0.25) is 0 Å². The maximum absolute atomic E-state index is 13.2. The van der Waals surface area contributed by atoms with Gasteiger partial charge in [-0.15, -0.1) is 0 Å². The third-order valence-corrected chi connectivity index (χ3v) is 5.08. The SMILES string of the molecule is COc1ccc(N2C(=O)C(=Cc3cn(CC#N)c4ccccc34)C(=O)NC2=S)cc1. The number of para-hydroxylation sites is 1. The van der Waals surface area contributed by atoms with Gasteiger partial charge in [0.1, 0.15) is 17.9 Å². The Labute approximate surface area is 177 Å². The van der Waals surface area contributed by atoms with Gasteiger partial charge in [-0.05, 0) is 48.6 Å². The number of hydrogen-bond acceptors (Lipinski definition) is 5. The van der Waals surface area contributed by atoms with E-state index in [0.29, 0.717) is 17.0 Å². The maximum atomic E-state index is 13.2. The van der Waals surface area contributed by atoms with Gasteiger partial charge in [-0.25, -0.2) is 0 Å². The summed E-state index contributed by atoms with van der Waals surface area (Å²) in [6.07, 6.45) is 3.29. The van der Waals surface area contributed by atoms with Gasteiger partial charge in [0, 0.05) is 22.7 Å². The van der Waals surface area contributed by atoms with Gasteiger partial charge in [0.15, 0.2) is 5.11 Å². The topological polar surface area (TPSA) is 87.4 Å². The number of hydrogen-bond donors (Lipinski definition) is 1. The maximum Gasteiger partial charge on any atom is 0.270 e. The first-order valence-electron chi connectivity index (χ1n) is 9.04. The number of nitriles is 1. The van der Waals surface area contributed by atoms with Crippen LogP contribution in [0.25, 0.3) is 17.0 Å². The molecule has 4 rings (SSSR count). The molecule has 2 amide bonds. The van der Waals surface area contributed by atoms with Crippen molar-refractivity contribution in [3.05, 3.63) is 65.9 Å². The van der Waals surface area contributed by atoms with E-state index in [0.717, 1.165) is 10.9 Å². The summed E-state index contributed by atoms with van der Waals surface area (Å²) in [5, 5.41) is 12.5. The van der Waals surface area contributed by atoms with Gasteiger partial charge in [0.25, 0.3) is 11.8 Å². The number of benzene rings is 2. The average Bonchev–Trinajstić information content (AvgIpc) is 3.09. The lowest BCUT2D eigenvalue weighted by Gasteiger charge is -2.29. The Kier molecular flexibility index (Phi) is 5.04. The molecule has 1 fully saturated rings. The van der Waals surface area contributed by atoms with E-state index in [-0.39, 0.29) is 17.2 Å². The van der Waals surface area contributed by atoms with Crippen LogP contribution in [0, 0.1) is 11.3 Å². The van der Waals surface area contributed by atoms with E-state index in [2.05, 4.69) is 11.4 Å². The smallest absolute Gasteiger partial charge is 0.270 e. The lowest BCUT2D eigenvalue weighted by molar-refractivity contribution is -0.122. The molecule has 1 N–H and O–H groups in total. The monoisotopic (exact) mass is 416 g/mol. The molecule has 2 heterocycles. The van der Waals surface area contributed by atoms with Crippen LogP contribution in [0.3, 0.4) is 0 Å². The predicted molar refractivity (Wildman–Crippen MR) is 117 cm³/mol. The third-order valence-electron chi connectivity index (χ3n) is 4.79. The van der Waals surface area contributed by atoms with Gasteiger partial charge in [-0.2, -0.15) is 5.26 Å². The molecule has 1 aliphatic rings. The summed E-state index contributed by atoms with van der Waals surface area (Å²) < 4.78 is 6.92. The van der Waals surface area contributed by atoms with Crippen molar-refractivity contribution in [3.8, 4) is 11.8 Å². The molecule has 0 radical (unpaired) electrons. The first kappa shape index (κ1) is 19.4. The summed E-state index contributed by atoms with van der Waals surface area (Å²) >= 11 is 5.23. The number of nitrogens with one attached hydrogen (secondary N) is 1.